The van der Waals surface area contributed by atoms with Gasteiger partial charge in [0.2, 0.25) is 5.91 Å². The Morgan fingerprint density at radius 2 is 1.93 bits per heavy atom. The number of rotatable bonds is 5. The number of hydrogen-bond acceptors (Lipinski definition) is 3. The fourth-order valence-corrected chi connectivity index (χ4v) is 5.23. The van der Waals surface area contributed by atoms with E-state index in [-0.39, 0.29) is 17.9 Å². The van der Waals surface area contributed by atoms with Crippen molar-refractivity contribution in [1.82, 2.24) is 5.32 Å². The maximum absolute atomic E-state index is 12.6. The Morgan fingerprint density at radius 1 is 1.11 bits per heavy atom. The smallest absolute Gasteiger partial charge is 0.223 e. The molecule has 2 aromatic rings. The Bertz CT molecular complexity index is 921. The SMILES string of the molecule is CSc1ccc(-c2ccc3c(c2)C[C@H](CNC(=O)[C@H]2C[C@@H]4C=C[C@H]2C4)O3)cc1. The second-order valence-corrected chi connectivity index (χ2v) is 9.01. The summed E-state index contributed by atoms with van der Waals surface area (Å²) in [4.78, 5) is 13.8. The van der Waals surface area contributed by atoms with Gasteiger partial charge in [-0.25, -0.2) is 0 Å². The van der Waals surface area contributed by atoms with E-state index in [0.29, 0.717) is 18.4 Å². The molecule has 1 fully saturated rings. The lowest BCUT2D eigenvalue weighted by Crippen LogP contribution is -2.39. The zero-order valence-corrected chi connectivity index (χ0v) is 16.9. The second-order valence-electron chi connectivity index (χ2n) is 8.13. The summed E-state index contributed by atoms with van der Waals surface area (Å²) in [6, 6.07) is 15.1. The molecule has 0 aromatic heterocycles. The Morgan fingerprint density at radius 3 is 2.64 bits per heavy atom. The van der Waals surface area contributed by atoms with Crippen LogP contribution in [0.3, 0.4) is 0 Å². The number of hydrogen-bond donors (Lipinski definition) is 1. The highest BCUT2D eigenvalue weighted by atomic mass is 32.2. The zero-order valence-electron chi connectivity index (χ0n) is 16.1. The number of thioether (sulfide) groups is 1. The average Bonchev–Trinajstić information content (AvgIpc) is 3.46. The van der Waals surface area contributed by atoms with Gasteiger partial charge in [-0.3, -0.25) is 4.79 Å². The van der Waals surface area contributed by atoms with E-state index in [1.54, 1.807) is 11.8 Å². The van der Waals surface area contributed by atoms with Crippen molar-refractivity contribution in [3.8, 4) is 16.9 Å². The third-order valence-electron chi connectivity index (χ3n) is 6.34. The molecule has 0 unspecified atom stereocenters. The molecule has 2 aliphatic carbocycles. The van der Waals surface area contributed by atoms with Gasteiger partial charge in [-0.1, -0.05) is 30.4 Å². The minimum absolute atomic E-state index is 0.0298. The minimum atomic E-state index is 0.0298. The molecule has 1 N–H and O–H groups in total. The number of benzene rings is 2. The van der Waals surface area contributed by atoms with E-state index in [0.717, 1.165) is 25.0 Å². The van der Waals surface area contributed by atoms with Crippen molar-refractivity contribution in [1.29, 1.82) is 0 Å². The van der Waals surface area contributed by atoms with Crippen molar-refractivity contribution < 1.29 is 9.53 Å². The van der Waals surface area contributed by atoms with E-state index in [9.17, 15) is 4.79 Å². The fraction of sp³-hybridized carbons (Fsp3) is 0.375. The molecule has 1 heterocycles. The number of allylic oxidation sites excluding steroid dienone is 2. The lowest BCUT2D eigenvalue weighted by Gasteiger charge is -2.19. The molecule has 28 heavy (non-hydrogen) atoms. The van der Waals surface area contributed by atoms with Crippen LogP contribution < -0.4 is 10.1 Å². The first kappa shape index (κ1) is 17.9. The number of carbonyl (C=O) groups is 1. The minimum Gasteiger partial charge on any atom is -0.488 e. The van der Waals surface area contributed by atoms with E-state index in [1.807, 2.05) is 0 Å². The highest BCUT2D eigenvalue weighted by Crippen LogP contribution is 2.43. The maximum atomic E-state index is 12.6. The molecule has 1 amide bonds. The largest absolute Gasteiger partial charge is 0.488 e. The third kappa shape index (κ3) is 3.35. The molecule has 2 aromatic carbocycles. The predicted octanol–water partition coefficient (Wildman–Crippen LogP) is 4.71. The highest BCUT2D eigenvalue weighted by molar-refractivity contribution is 7.98. The van der Waals surface area contributed by atoms with Gasteiger partial charge in [0, 0.05) is 17.2 Å². The Balaban J connectivity index is 1.21. The number of ether oxygens (including phenoxy) is 1. The Hall–Kier alpha value is -2.20. The maximum Gasteiger partial charge on any atom is 0.223 e. The first-order chi connectivity index (χ1) is 13.7. The van der Waals surface area contributed by atoms with Crippen molar-refractivity contribution in [2.24, 2.45) is 17.8 Å². The molecule has 1 saturated carbocycles. The van der Waals surface area contributed by atoms with Crippen molar-refractivity contribution >= 4 is 17.7 Å². The molecule has 0 spiro atoms. The van der Waals surface area contributed by atoms with E-state index in [4.69, 9.17) is 4.74 Å². The van der Waals surface area contributed by atoms with Crippen molar-refractivity contribution in [3.63, 3.8) is 0 Å². The van der Waals surface area contributed by atoms with Crippen LogP contribution in [0, 0.1) is 17.8 Å². The van der Waals surface area contributed by atoms with Gasteiger partial charge in [0.25, 0.3) is 0 Å². The molecule has 4 atom stereocenters. The Labute approximate surface area is 170 Å². The topological polar surface area (TPSA) is 38.3 Å². The predicted molar refractivity (Wildman–Crippen MR) is 114 cm³/mol. The standard InChI is InChI=1S/C24H25NO2S/c1-28-21-7-4-16(5-8-21)17-6-9-23-19(12-17)13-20(27-23)14-25-24(26)22-11-15-2-3-18(22)10-15/h2-9,12,15,18,20,22H,10-11,13-14H2,1H3,(H,25,26)/t15-,18+,20-,22+/m1/s1. The molecule has 144 valence electrons. The van der Waals surface area contributed by atoms with Gasteiger partial charge < -0.3 is 10.1 Å². The number of amides is 1. The van der Waals surface area contributed by atoms with Crippen molar-refractivity contribution in [3.05, 3.63) is 60.2 Å². The van der Waals surface area contributed by atoms with Crippen LogP contribution in [0.1, 0.15) is 18.4 Å². The van der Waals surface area contributed by atoms with Gasteiger partial charge in [-0.05, 0) is 71.9 Å². The van der Waals surface area contributed by atoms with Crippen LogP contribution in [0.4, 0.5) is 0 Å². The van der Waals surface area contributed by atoms with Crippen molar-refractivity contribution in [2.75, 3.05) is 12.8 Å². The van der Waals surface area contributed by atoms with Crippen LogP contribution in [0.2, 0.25) is 0 Å². The highest BCUT2D eigenvalue weighted by Gasteiger charge is 2.40. The van der Waals surface area contributed by atoms with Crippen LogP contribution in [0.25, 0.3) is 11.1 Å². The van der Waals surface area contributed by atoms with E-state index in [2.05, 4.69) is 66.2 Å². The fourth-order valence-electron chi connectivity index (χ4n) is 4.83. The Kier molecular flexibility index (Phi) is 4.67. The van der Waals surface area contributed by atoms with Gasteiger partial charge >= 0.3 is 0 Å². The van der Waals surface area contributed by atoms with Crippen LogP contribution in [-0.2, 0) is 11.2 Å². The summed E-state index contributed by atoms with van der Waals surface area (Å²) in [5.74, 6) is 2.38. The van der Waals surface area contributed by atoms with Gasteiger partial charge in [-0.15, -0.1) is 11.8 Å². The second kappa shape index (κ2) is 7.32. The lowest BCUT2D eigenvalue weighted by atomic mass is 9.93. The summed E-state index contributed by atoms with van der Waals surface area (Å²) in [7, 11) is 0. The number of nitrogens with one attached hydrogen (secondary N) is 1. The van der Waals surface area contributed by atoms with E-state index in [1.165, 1.54) is 21.6 Å². The summed E-state index contributed by atoms with van der Waals surface area (Å²) in [6.07, 6.45) is 9.65. The van der Waals surface area contributed by atoms with Gasteiger partial charge in [0.1, 0.15) is 11.9 Å². The molecular formula is C24H25NO2S. The third-order valence-corrected chi connectivity index (χ3v) is 7.09. The monoisotopic (exact) mass is 391 g/mol. The summed E-state index contributed by atoms with van der Waals surface area (Å²) >= 11 is 1.76. The van der Waals surface area contributed by atoms with Gasteiger partial charge in [-0.2, -0.15) is 0 Å². The number of carbonyl (C=O) groups excluding carboxylic acids is 1. The van der Waals surface area contributed by atoms with Gasteiger partial charge in [0.05, 0.1) is 6.54 Å². The average molecular weight is 392 g/mol. The van der Waals surface area contributed by atoms with Crippen LogP contribution in [-0.4, -0.2) is 24.8 Å². The normalized spacial score (nSPS) is 26.9. The number of fused-ring (bicyclic) bond motifs is 3. The molecule has 0 radical (unpaired) electrons. The zero-order chi connectivity index (χ0) is 19.1. The summed E-state index contributed by atoms with van der Waals surface area (Å²) < 4.78 is 6.08. The summed E-state index contributed by atoms with van der Waals surface area (Å²) in [6.45, 7) is 0.586. The quantitative estimate of drug-likeness (QED) is 0.593. The molecule has 2 bridgehead atoms. The lowest BCUT2D eigenvalue weighted by molar-refractivity contribution is -0.126. The van der Waals surface area contributed by atoms with E-state index < -0.39 is 0 Å². The van der Waals surface area contributed by atoms with Crippen molar-refractivity contribution in [2.45, 2.75) is 30.3 Å². The first-order valence-corrected chi connectivity index (χ1v) is 11.3. The van der Waals surface area contributed by atoms with Crippen LogP contribution >= 0.6 is 11.8 Å². The van der Waals surface area contributed by atoms with Crippen LogP contribution in [0.5, 0.6) is 5.75 Å². The molecule has 0 saturated heterocycles. The first-order valence-electron chi connectivity index (χ1n) is 10.1. The molecular weight excluding hydrogens is 366 g/mol. The van der Waals surface area contributed by atoms with Crippen LogP contribution in [0.15, 0.2) is 59.5 Å². The summed E-state index contributed by atoms with van der Waals surface area (Å²) in [5.41, 5.74) is 3.67. The van der Waals surface area contributed by atoms with Gasteiger partial charge in [0.15, 0.2) is 0 Å². The molecule has 1 aliphatic heterocycles. The molecule has 4 heteroatoms. The molecule has 3 aliphatic rings. The summed E-state index contributed by atoms with van der Waals surface area (Å²) in [5, 5.41) is 3.15. The molecule has 3 nitrogen and oxygen atoms in total. The van der Waals surface area contributed by atoms with E-state index >= 15 is 0 Å². The molecule has 5 rings (SSSR count).